The fourth-order valence-corrected chi connectivity index (χ4v) is 2.84. The van der Waals surface area contributed by atoms with Crippen molar-refractivity contribution in [3.05, 3.63) is 67.9 Å². The van der Waals surface area contributed by atoms with Gasteiger partial charge in [0.05, 0.1) is 6.10 Å². The van der Waals surface area contributed by atoms with Crippen LogP contribution in [-0.2, 0) is 6.42 Å². The Bertz CT molecular complexity index is 599. The number of aryl methyl sites for hydroxylation is 1. The first kappa shape index (κ1) is 14.7. The molecule has 0 aliphatic rings. The van der Waals surface area contributed by atoms with Crippen molar-refractivity contribution in [3.63, 3.8) is 0 Å². The normalized spacial score (nSPS) is 12.5. The van der Waals surface area contributed by atoms with E-state index in [1.54, 1.807) is 6.07 Å². The minimum Gasteiger partial charge on any atom is -0.388 e. The second kappa shape index (κ2) is 6.16. The molecule has 0 aliphatic carbocycles. The van der Waals surface area contributed by atoms with E-state index in [9.17, 15) is 9.50 Å². The monoisotopic (exact) mass is 386 g/mol. The number of benzene rings is 2. The Labute approximate surface area is 128 Å². The smallest absolute Gasteiger partial charge is 0.123 e. The van der Waals surface area contributed by atoms with Gasteiger partial charge in [0, 0.05) is 15.4 Å². The van der Waals surface area contributed by atoms with Crippen molar-refractivity contribution < 1.29 is 9.50 Å². The van der Waals surface area contributed by atoms with Crippen molar-refractivity contribution in [2.45, 2.75) is 19.4 Å². The number of aliphatic hydroxyl groups is 1. The van der Waals surface area contributed by atoms with Gasteiger partial charge in [0.15, 0.2) is 0 Å². The first-order valence-electron chi connectivity index (χ1n) is 5.85. The topological polar surface area (TPSA) is 20.2 Å². The number of aliphatic hydroxyl groups excluding tert-OH is 1. The highest BCUT2D eigenvalue weighted by molar-refractivity contribution is 9.11. The van der Waals surface area contributed by atoms with Crippen LogP contribution in [0.4, 0.5) is 4.39 Å². The molecule has 1 nitrogen and oxygen atoms in total. The predicted octanol–water partition coefficient (Wildman–Crippen LogP) is 4.94. The molecular formula is C15H13Br2FO. The van der Waals surface area contributed by atoms with Crippen LogP contribution >= 0.6 is 31.9 Å². The third-order valence-electron chi connectivity index (χ3n) is 3.04. The van der Waals surface area contributed by atoms with Gasteiger partial charge in [-0.05, 0) is 53.9 Å². The van der Waals surface area contributed by atoms with E-state index in [0.717, 1.165) is 25.6 Å². The Hall–Kier alpha value is -0.710. The maximum atomic E-state index is 13.2. The van der Waals surface area contributed by atoms with E-state index in [-0.39, 0.29) is 5.82 Å². The van der Waals surface area contributed by atoms with Gasteiger partial charge in [0.1, 0.15) is 5.82 Å². The van der Waals surface area contributed by atoms with Gasteiger partial charge in [-0.15, -0.1) is 0 Å². The van der Waals surface area contributed by atoms with Gasteiger partial charge in [-0.25, -0.2) is 4.39 Å². The minimum absolute atomic E-state index is 0.277. The van der Waals surface area contributed by atoms with Crippen molar-refractivity contribution in [2.24, 2.45) is 0 Å². The third kappa shape index (κ3) is 3.65. The number of hydrogen-bond acceptors (Lipinski definition) is 1. The Kier molecular flexibility index (Phi) is 4.76. The van der Waals surface area contributed by atoms with Crippen LogP contribution in [-0.4, -0.2) is 5.11 Å². The third-order valence-corrected chi connectivity index (χ3v) is 4.26. The summed E-state index contributed by atoms with van der Waals surface area (Å²) in [7, 11) is 0. The van der Waals surface area contributed by atoms with Crippen molar-refractivity contribution in [2.75, 3.05) is 0 Å². The minimum atomic E-state index is -0.674. The molecule has 0 saturated carbocycles. The lowest BCUT2D eigenvalue weighted by atomic mass is 9.98. The van der Waals surface area contributed by atoms with E-state index >= 15 is 0 Å². The summed E-state index contributed by atoms with van der Waals surface area (Å²) in [6.07, 6.45) is -0.286. The number of halogens is 3. The molecular weight excluding hydrogens is 375 g/mol. The lowest BCUT2D eigenvalue weighted by molar-refractivity contribution is 0.177. The van der Waals surface area contributed by atoms with E-state index in [0.29, 0.717) is 6.42 Å². The Morgan fingerprint density at radius 1 is 1.16 bits per heavy atom. The summed E-state index contributed by atoms with van der Waals surface area (Å²) in [5, 5.41) is 10.3. The fourth-order valence-electron chi connectivity index (χ4n) is 1.95. The molecule has 1 unspecified atom stereocenters. The van der Waals surface area contributed by atoms with Crippen LogP contribution in [0.5, 0.6) is 0 Å². The molecule has 0 spiro atoms. The zero-order valence-corrected chi connectivity index (χ0v) is 13.5. The van der Waals surface area contributed by atoms with E-state index in [1.165, 1.54) is 12.1 Å². The van der Waals surface area contributed by atoms with Gasteiger partial charge in [-0.3, -0.25) is 0 Å². The summed E-state index contributed by atoms with van der Waals surface area (Å²) < 4.78 is 15.0. The van der Waals surface area contributed by atoms with Gasteiger partial charge in [-0.1, -0.05) is 37.9 Å². The maximum Gasteiger partial charge on any atom is 0.123 e. The zero-order chi connectivity index (χ0) is 14.0. The van der Waals surface area contributed by atoms with E-state index < -0.39 is 6.10 Å². The average Bonchev–Trinajstić information content (AvgIpc) is 2.36. The second-order valence-corrected chi connectivity index (χ2v) is 6.23. The molecule has 1 N–H and O–H groups in total. The molecule has 4 heteroatoms. The molecule has 0 saturated heterocycles. The van der Waals surface area contributed by atoms with Crippen molar-refractivity contribution >= 4 is 31.9 Å². The van der Waals surface area contributed by atoms with Crippen molar-refractivity contribution in [1.82, 2.24) is 0 Å². The maximum absolute atomic E-state index is 13.2. The highest BCUT2D eigenvalue weighted by atomic mass is 79.9. The van der Waals surface area contributed by atoms with Crippen LogP contribution in [0, 0.1) is 12.7 Å². The van der Waals surface area contributed by atoms with Gasteiger partial charge in [-0.2, -0.15) is 0 Å². The Morgan fingerprint density at radius 3 is 2.63 bits per heavy atom. The van der Waals surface area contributed by atoms with Crippen LogP contribution in [0.2, 0.25) is 0 Å². The lowest BCUT2D eigenvalue weighted by Gasteiger charge is -2.15. The summed E-state index contributed by atoms with van der Waals surface area (Å²) in [6.45, 7) is 1.91. The molecule has 0 heterocycles. The largest absolute Gasteiger partial charge is 0.388 e. The van der Waals surface area contributed by atoms with Gasteiger partial charge < -0.3 is 5.11 Å². The van der Waals surface area contributed by atoms with Crippen LogP contribution in [0.15, 0.2) is 45.3 Å². The van der Waals surface area contributed by atoms with Gasteiger partial charge in [0.25, 0.3) is 0 Å². The number of rotatable bonds is 3. The quantitative estimate of drug-likeness (QED) is 0.791. The Morgan fingerprint density at radius 2 is 1.89 bits per heavy atom. The van der Waals surface area contributed by atoms with Crippen LogP contribution in [0.3, 0.4) is 0 Å². The molecule has 0 aliphatic heterocycles. The first-order valence-corrected chi connectivity index (χ1v) is 7.44. The average molecular weight is 388 g/mol. The molecule has 2 aromatic rings. The molecule has 100 valence electrons. The molecule has 19 heavy (non-hydrogen) atoms. The predicted molar refractivity (Wildman–Crippen MR) is 81.6 cm³/mol. The SMILES string of the molecule is Cc1ccc(F)cc1CC(O)c1cc(Br)ccc1Br. The highest BCUT2D eigenvalue weighted by Crippen LogP contribution is 2.29. The highest BCUT2D eigenvalue weighted by Gasteiger charge is 2.14. The summed E-state index contributed by atoms with van der Waals surface area (Å²) in [5.41, 5.74) is 2.59. The molecule has 0 radical (unpaired) electrons. The van der Waals surface area contributed by atoms with Gasteiger partial charge in [0.2, 0.25) is 0 Å². The lowest BCUT2D eigenvalue weighted by Crippen LogP contribution is -2.04. The molecule has 0 amide bonds. The number of hydrogen-bond donors (Lipinski definition) is 1. The van der Waals surface area contributed by atoms with E-state index in [2.05, 4.69) is 31.9 Å². The Balaban J connectivity index is 2.27. The van der Waals surface area contributed by atoms with E-state index in [4.69, 9.17) is 0 Å². The summed E-state index contributed by atoms with van der Waals surface area (Å²) >= 11 is 6.81. The fraction of sp³-hybridized carbons (Fsp3) is 0.200. The first-order chi connectivity index (χ1) is 8.97. The molecule has 1 atom stereocenters. The molecule has 2 rings (SSSR count). The zero-order valence-electron chi connectivity index (χ0n) is 10.3. The molecule has 0 fully saturated rings. The molecule has 0 aromatic heterocycles. The van der Waals surface area contributed by atoms with Crippen LogP contribution in [0.1, 0.15) is 22.8 Å². The van der Waals surface area contributed by atoms with E-state index in [1.807, 2.05) is 25.1 Å². The van der Waals surface area contributed by atoms with Crippen molar-refractivity contribution in [1.29, 1.82) is 0 Å². The second-order valence-electron chi connectivity index (χ2n) is 4.46. The van der Waals surface area contributed by atoms with Crippen LogP contribution in [0.25, 0.3) is 0 Å². The van der Waals surface area contributed by atoms with Gasteiger partial charge >= 0.3 is 0 Å². The summed E-state index contributed by atoms with van der Waals surface area (Å²) in [5.74, 6) is -0.277. The molecule has 0 bridgehead atoms. The standard InChI is InChI=1S/C15H13Br2FO/c1-9-2-4-12(18)6-10(9)7-15(19)13-8-11(16)3-5-14(13)17/h2-6,8,15,19H,7H2,1H3. The van der Waals surface area contributed by atoms with Crippen molar-refractivity contribution in [3.8, 4) is 0 Å². The summed E-state index contributed by atoms with van der Waals surface area (Å²) in [6, 6.07) is 10.3. The van der Waals surface area contributed by atoms with Crippen LogP contribution < -0.4 is 0 Å². The summed E-state index contributed by atoms with van der Waals surface area (Å²) in [4.78, 5) is 0. The molecule has 2 aromatic carbocycles.